The predicted molar refractivity (Wildman–Crippen MR) is 78.4 cm³/mol. The number of benzene rings is 2. The van der Waals surface area contributed by atoms with Crippen molar-refractivity contribution < 1.29 is 9.26 Å². The zero-order valence-corrected chi connectivity index (χ0v) is 11.4. The fourth-order valence-corrected chi connectivity index (χ4v) is 1.93. The van der Waals surface area contributed by atoms with Crippen molar-refractivity contribution in [1.82, 2.24) is 10.1 Å². The first-order valence-corrected chi connectivity index (χ1v) is 6.65. The quantitative estimate of drug-likeness (QED) is 0.778. The molecule has 106 valence electrons. The molecule has 0 amide bonds. The molecule has 0 aliphatic carbocycles. The van der Waals surface area contributed by atoms with E-state index in [0.717, 1.165) is 16.9 Å². The third-order valence-corrected chi connectivity index (χ3v) is 3.00. The summed E-state index contributed by atoms with van der Waals surface area (Å²) >= 11 is 0. The van der Waals surface area contributed by atoms with Crippen LogP contribution in [0.25, 0.3) is 11.4 Å². The molecule has 0 radical (unpaired) electrons. The topological polar surface area (TPSA) is 74.2 Å². The van der Waals surface area contributed by atoms with Gasteiger partial charge >= 0.3 is 0 Å². The van der Waals surface area contributed by atoms with Crippen LogP contribution in [0.2, 0.25) is 0 Å². The third-order valence-electron chi connectivity index (χ3n) is 3.00. The Balaban J connectivity index is 1.67. The standard InChI is InChI=1S/C16H15N3O2/c17-10-12-5-4-8-14(9-12)20-11-15-18-16(19-21-15)13-6-2-1-3-7-13/h1-9H,10-11,17H2. The van der Waals surface area contributed by atoms with Gasteiger partial charge in [-0.3, -0.25) is 0 Å². The molecule has 0 saturated carbocycles. The highest BCUT2D eigenvalue weighted by molar-refractivity contribution is 5.53. The van der Waals surface area contributed by atoms with Crippen molar-refractivity contribution in [2.24, 2.45) is 5.73 Å². The first-order valence-electron chi connectivity index (χ1n) is 6.65. The van der Waals surface area contributed by atoms with Gasteiger partial charge in [-0.25, -0.2) is 0 Å². The molecule has 21 heavy (non-hydrogen) atoms. The van der Waals surface area contributed by atoms with E-state index in [-0.39, 0.29) is 6.61 Å². The molecule has 5 heteroatoms. The maximum absolute atomic E-state index is 5.63. The minimum absolute atomic E-state index is 0.230. The summed E-state index contributed by atoms with van der Waals surface area (Å²) in [5.74, 6) is 1.73. The molecule has 5 nitrogen and oxygen atoms in total. The van der Waals surface area contributed by atoms with Gasteiger partial charge < -0.3 is 15.0 Å². The zero-order valence-electron chi connectivity index (χ0n) is 11.4. The summed E-state index contributed by atoms with van der Waals surface area (Å²) in [4.78, 5) is 4.31. The van der Waals surface area contributed by atoms with Gasteiger partial charge in [0.2, 0.25) is 5.82 Å². The monoisotopic (exact) mass is 281 g/mol. The molecule has 0 fully saturated rings. The summed E-state index contributed by atoms with van der Waals surface area (Å²) in [6.45, 7) is 0.712. The molecule has 0 unspecified atom stereocenters. The lowest BCUT2D eigenvalue weighted by molar-refractivity contribution is 0.243. The SMILES string of the molecule is NCc1cccc(OCc2nc(-c3ccccc3)no2)c1. The summed E-state index contributed by atoms with van der Waals surface area (Å²) in [6, 6.07) is 17.3. The van der Waals surface area contributed by atoms with Gasteiger partial charge in [0.1, 0.15) is 5.75 Å². The van der Waals surface area contributed by atoms with E-state index in [9.17, 15) is 0 Å². The minimum atomic E-state index is 0.230. The van der Waals surface area contributed by atoms with Crippen molar-refractivity contribution in [3.63, 3.8) is 0 Å². The van der Waals surface area contributed by atoms with Crippen LogP contribution in [-0.4, -0.2) is 10.1 Å². The maximum atomic E-state index is 5.63. The molecule has 0 aliphatic heterocycles. The average molecular weight is 281 g/mol. The Labute approximate surface area is 122 Å². The summed E-state index contributed by atoms with van der Waals surface area (Å²) in [5.41, 5.74) is 7.53. The van der Waals surface area contributed by atoms with Gasteiger partial charge in [0.25, 0.3) is 5.89 Å². The van der Waals surface area contributed by atoms with Crippen LogP contribution in [0.1, 0.15) is 11.5 Å². The number of rotatable bonds is 5. The molecule has 0 atom stereocenters. The molecule has 0 spiro atoms. The van der Waals surface area contributed by atoms with Crippen LogP contribution in [0.5, 0.6) is 5.75 Å². The Kier molecular flexibility index (Phi) is 3.93. The predicted octanol–water partition coefficient (Wildman–Crippen LogP) is 2.77. The largest absolute Gasteiger partial charge is 0.484 e. The van der Waals surface area contributed by atoms with Crippen LogP contribution in [-0.2, 0) is 13.2 Å². The Hall–Kier alpha value is -2.66. The van der Waals surface area contributed by atoms with Crippen LogP contribution < -0.4 is 10.5 Å². The van der Waals surface area contributed by atoms with Gasteiger partial charge in [0.15, 0.2) is 6.61 Å². The molecule has 3 rings (SSSR count). The van der Waals surface area contributed by atoms with Gasteiger partial charge in [-0.05, 0) is 17.7 Å². The van der Waals surface area contributed by atoms with E-state index in [2.05, 4.69) is 10.1 Å². The van der Waals surface area contributed by atoms with Crippen molar-refractivity contribution in [3.8, 4) is 17.1 Å². The molecule has 1 heterocycles. The molecule has 0 aliphatic rings. The van der Waals surface area contributed by atoms with E-state index in [1.54, 1.807) is 0 Å². The molecule has 0 bridgehead atoms. The van der Waals surface area contributed by atoms with Crippen molar-refractivity contribution in [1.29, 1.82) is 0 Å². The van der Waals surface area contributed by atoms with Gasteiger partial charge in [-0.15, -0.1) is 0 Å². The van der Waals surface area contributed by atoms with E-state index < -0.39 is 0 Å². The van der Waals surface area contributed by atoms with Crippen LogP contribution in [0.3, 0.4) is 0 Å². The first-order chi connectivity index (χ1) is 10.3. The van der Waals surface area contributed by atoms with Crippen LogP contribution in [0.4, 0.5) is 0 Å². The molecular weight excluding hydrogens is 266 g/mol. The van der Waals surface area contributed by atoms with Crippen LogP contribution >= 0.6 is 0 Å². The Morgan fingerprint density at radius 3 is 2.71 bits per heavy atom. The van der Waals surface area contributed by atoms with Crippen molar-refractivity contribution in [2.75, 3.05) is 0 Å². The summed E-state index contributed by atoms with van der Waals surface area (Å²) in [5, 5.41) is 3.95. The van der Waals surface area contributed by atoms with E-state index in [1.807, 2.05) is 54.6 Å². The first kappa shape index (κ1) is 13.3. The minimum Gasteiger partial charge on any atom is -0.484 e. The van der Waals surface area contributed by atoms with Gasteiger partial charge in [-0.1, -0.05) is 47.6 Å². The van der Waals surface area contributed by atoms with E-state index in [0.29, 0.717) is 18.3 Å². The smallest absolute Gasteiger partial charge is 0.264 e. The molecular formula is C16H15N3O2. The average Bonchev–Trinajstić information content (AvgIpc) is 3.03. The third kappa shape index (κ3) is 3.27. The second-order valence-corrected chi connectivity index (χ2v) is 4.52. The molecule has 2 aromatic carbocycles. The Morgan fingerprint density at radius 1 is 1.05 bits per heavy atom. The number of nitrogens with two attached hydrogens (primary N) is 1. The van der Waals surface area contributed by atoms with Crippen molar-refractivity contribution >= 4 is 0 Å². The number of aromatic nitrogens is 2. The lowest BCUT2D eigenvalue weighted by Gasteiger charge is -2.04. The highest BCUT2D eigenvalue weighted by Crippen LogP contribution is 2.17. The van der Waals surface area contributed by atoms with Gasteiger partial charge in [0.05, 0.1) is 0 Å². The highest BCUT2D eigenvalue weighted by atomic mass is 16.5. The lowest BCUT2D eigenvalue weighted by atomic mass is 10.2. The summed E-state index contributed by atoms with van der Waals surface area (Å²) in [7, 11) is 0. The fraction of sp³-hybridized carbons (Fsp3) is 0.125. The molecule has 2 N–H and O–H groups in total. The van der Waals surface area contributed by atoms with Crippen LogP contribution in [0.15, 0.2) is 59.1 Å². The summed E-state index contributed by atoms with van der Waals surface area (Å²) < 4.78 is 10.8. The van der Waals surface area contributed by atoms with Gasteiger partial charge in [0, 0.05) is 12.1 Å². The number of ether oxygens (including phenoxy) is 1. The number of hydrogen-bond acceptors (Lipinski definition) is 5. The summed E-state index contributed by atoms with van der Waals surface area (Å²) in [6.07, 6.45) is 0. The maximum Gasteiger partial charge on any atom is 0.264 e. The highest BCUT2D eigenvalue weighted by Gasteiger charge is 2.08. The normalized spacial score (nSPS) is 10.5. The Bertz CT molecular complexity index is 710. The van der Waals surface area contributed by atoms with E-state index in [1.165, 1.54) is 0 Å². The van der Waals surface area contributed by atoms with Crippen LogP contribution in [0, 0.1) is 0 Å². The van der Waals surface area contributed by atoms with Crippen molar-refractivity contribution in [3.05, 3.63) is 66.1 Å². The van der Waals surface area contributed by atoms with Crippen molar-refractivity contribution in [2.45, 2.75) is 13.2 Å². The molecule has 1 aromatic heterocycles. The second-order valence-electron chi connectivity index (χ2n) is 4.52. The number of nitrogens with zero attached hydrogens (tertiary/aromatic N) is 2. The fourth-order valence-electron chi connectivity index (χ4n) is 1.93. The van der Waals surface area contributed by atoms with E-state index in [4.69, 9.17) is 15.0 Å². The second kappa shape index (κ2) is 6.19. The molecule has 3 aromatic rings. The molecule has 0 saturated heterocycles. The lowest BCUT2D eigenvalue weighted by Crippen LogP contribution is -1.99. The zero-order chi connectivity index (χ0) is 14.5. The Morgan fingerprint density at radius 2 is 1.90 bits per heavy atom. The number of hydrogen-bond donors (Lipinski definition) is 1. The van der Waals surface area contributed by atoms with E-state index >= 15 is 0 Å². The van der Waals surface area contributed by atoms with Gasteiger partial charge in [-0.2, -0.15) is 4.98 Å².